The van der Waals surface area contributed by atoms with E-state index in [1.54, 1.807) is 12.1 Å². The molecule has 4 nitrogen and oxygen atoms in total. The van der Waals surface area contributed by atoms with Crippen LogP contribution in [0.15, 0.2) is 54.6 Å². The Morgan fingerprint density at radius 3 is 2.38 bits per heavy atom. The van der Waals surface area contributed by atoms with E-state index in [4.69, 9.17) is 0 Å². The van der Waals surface area contributed by atoms with Crippen LogP contribution in [0.5, 0.6) is 0 Å². The van der Waals surface area contributed by atoms with Crippen molar-refractivity contribution in [1.29, 1.82) is 0 Å². The predicted octanol–water partition coefficient (Wildman–Crippen LogP) is 3.74. The Balaban J connectivity index is 2.00. The van der Waals surface area contributed by atoms with Crippen LogP contribution in [0.3, 0.4) is 0 Å². The highest BCUT2D eigenvalue weighted by Gasteiger charge is 2.17. The zero-order valence-corrected chi connectivity index (χ0v) is 14.5. The van der Waals surface area contributed by atoms with E-state index >= 15 is 0 Å². The van der Waals surface area contributed by atoms with E-state index in [0.717, 1.165) is 11.3 Å². The Morgan fingerprint density at radius 1 is 1.04 bits per heavy atom. The van der Waals surface area contributed by atoms with E-state index in [9.17, 15) is 9.59 Å². The standard InChI is InChI=1S/C20H24N2O2/c1-15(2)22(14-17-8-5-4-6-9-17)20(24)13-21-19-11-7-10-18(12-19)16(3)23/h4-12,15,21H,13-14H2,1-3H3. The highest BCUT2D eigenvalue weighted by Crippen LogP contribution is 2.12. The zero-order chi connectivity index (χ0) is 17.5. The molecule has 2 aromatic carbocycles. The van der Waals surface area contributed by atoms with Crippen LogP contribution >= 0.6 is 0 Å². The molecule has 0 heterocycles. The van der Waals surface area contributed by atoms with E-state index in [2.05, 4.69) is 5.32 Å². The monoisotopic (exact) mass is 324 g/mol. The Labute approximate surface area is 143 Å². The first kappa shape index (κ1) is 17.7. The number of nitrogens with one attached hydrogen (secondary N) is 1. The molecule has 0 saturated heterocycles. The average molecular weight is 324 g/mol. The minimum Gasteiger partial charge on any atom is -0.376 e. The van der Waals surface area contributed by atoms with Crippen LogP contribution < -0.4 is 5.32 Å². The van der Waals surface area contributed by atoms with Gasteiger partial charge in [0.05, 0.1) is 6.54 Å². The third-order valence-electron chi connectivity index (χ3n) is 3.85. The van der Waals surface area contributed by atoms with Gasteiger partial charge in [-0.15, -0.1) is 0 Å². The van der Waals surface area contributed by atoms with Gasteiger partial charge in [0.15, 0.2) is 5.78 Å². The van der Waals surface area contributed by atoms with E-state index < -0.39 is 0 Å². The summed E-state index contributed by atoms with van der Waals surface area (Å²) in [5.41, 5.74) is 2.52. The number of nitrogens with zero attached hydrogens (tertiary/aromatic N) is 1. The molecular formula is C20H24N2O2. The number of benzene rings is 2. The molecule has 0 aliphatic rings. The highest BCUT2D eigenvalue weighted by atomic mass is 16.2. The molecule has 0 spiro atoms. The number of rotatable bonds is 7. The van der Waals surface area contributed by atoms with Gasteiger partial charge >= 0.3 is 0 Å². The summed E-state index contributed by atoms with van der Waals surface area (Å²) in [6.07, 6.45) is 0. The van der Waals surface area contributed by atoms with Crippen molar-refractivity contribution < 1.29 is 9.59 Å². The molecule has 1 amide bonds. The van der Waals surface area contributed by atoms with Crippen LogP contribution in [0, 0.1) is 0 Å². The van der Waals surface area contributed by atoms with Gasteiger partial charge in [0.2, 0.25) is 5.91 Å². The van der Waals surface area contributed by atoms with Crippen molar-refractivity contribution >= 4 is 17.4 Å². The summed E-state index contributed by atoms with van der Waals surface area (Å²) < 4.78 is 0. The number of hydrogen-bond acceptors (Lipinski definition) is 3. The van der Waals surface area contributed by atoms with Crippen molar-refractivity contribution in [3.05, 3.63) is 65.7 Å². The van der Waals surface area contributed by atoms with Crippen LogP contribution in [0.1, 0.15) is 36.7 Å². The lowest BCUT2D eigenvalue weighted by atomic mass is 10.1. The van der Waals surface area contributed by atoms with Gasteiger partial charge in [-0.1, -0.05) is 42.5 Å². The Hall–Kier alpha value is -2.62. The Bertz CT molecular complexity index is 696. The minimum absolute atomic E-state index is 0.0119. The number of hydrogen-bond donors (Lipinski definition) is 1. The Kier molecular flexibility index (Phi) is 6.13. The van der Waals surface area contributed by atoms with Crippen molar-refractivity contribution in [2.24, 2.45) is 0 Å². The fourth-order valence-electron chi connectivity index (χ4n) is 2.47. The number of amides is 1. The smallest absolute Gasteiger partial charge is 0.242 e. The number of Topliss-reactive ketones (excluding diaryl/α,β-unsaturated/α-hetero) is 1. The van der Waals surface area contributed by atoms with Gasteiger partial charge in [0.25, 0.3) is 0 Å². The maximum Gasteiger partial charge on any atom is 0.242 e. The summed E-state index contributed by atoms with van der Waals surface area (Å²) >= 11 is 0. The molecule has 2 rings (SSSR count). The summed E-state index contributed by atoms with van der Waals surface area (Å²) in [6.45, 7) is 6.35. The largest absolute Gasteiger partial charge is 0.376 e. The van der Waals surface area contributed by atoms with Gasteiger partial charge in [-0.2, -0.15) is 0 Å². The molecule has 1 N–H and O–H groups in total. The van der Waals surface area contributed by atoms with Crippen molar-refractivity contribution in [1.82, 2.24) is 4.90 Å². The first-order chi connectivity index (χ1) is 11.5. The minimum atomic E-state index is 0.0119. The molecule has 0 bridgehead atoms. The lowest BCUT2D eigenvalue weighted by Gasteiger charge is -2.27. The van der Waals surface area contributed by atoms with Gasteiger partial charge in [-0.05, 0) is 38.5 Å². The number of ketones is 1. The Morgan fingerprint density at radius 2 is 1.75 bits per heavy atom. The first-order valence-electron chi connectivity index (χ1n) is 8.15. The summed E-state index contributed by atoms with van der Waals surface area (Å²) in [7, 11) is 0. The second-order valence-corrected chi connectivity index (χ2v) is 6.09. The van der Waals surface area contributed by atoms with Gasteiger partial charge in [0, 0.05) is 23.8 Å². The molecule has 0 aliphatic carbocycles. The molecule has 0 saturated carbocycles. The molecule has 0 aliphatic heterocycles. The first-order valence-corrected chi connectivity index (χ1v) is 8.15. The molecule has 0 fully saturated rings. The molecular weight excluding hydrogens is 300 g/mol. The van der Waals surface area contributed by atoms with Gasteiger partial charge < -0.3 is 10.2 Å². The maximum atomic E-state index is 12.6. The normalized spacial score (nSPS) is 10.5. The average Bonchev–Trinajstić information content (AvgIpc) is 2.58. The fraction of sp³-hybridized carbons (Fsp3) is 0.300. The van der Waals surface area contributed by atoms with Crippen LogP contribution in [-0.4, -0.2) is 29.2 Å². The molecule has 0 radical (unpaired) electrons. The van der Waals surface area contributed by atoms with Gasteiger partial charge in [-0.3, -0.25) is 9.59 Å². The lowest BCUT2D eigenvalue weighted by Crippen LogP contribution is -2.39. The van der Waals surface area contributed by atoms with Crippen LogP contribution in [0.25, 0.3) is 0 Å². The summed E-state index contributed by atoms with van der Waals surface area (Å²) in [5.74, 6) is 0.0416. The van der Waals surface area contributed by atoms with Crippen LogP contribution in [0.4, 0.5) is 5.69 Å². The SMILES string of the molecule is CC(=O)c1cccc(NCC(=O)N(Cc2ccccc2)C(C)C)c1. The quantitative estimate of drug-likeness (QED) is 0.789. The third kappa shape index (κ3) is 4.95. The molecule has 0 unspecified atom stereocenters. The fourth-order valence-corrected chi connectivity index (χ4v) is 2.47. The number of carbonyl (C=O) groups is 2. The zero-order valence-electron chi connectivity index (χ0n) is 14.5. The molecule has 24 heavy (non-hydrogen) atoms. The van der Waals surface area contributed by atoms with Crippen molar-refractivity contribution in [3.63, 3.8) is 0 Å². The van der Waals surface area contributed by atoms with E-state index in [0.29, 0.717) is 12.1 Å². The summed E-state index contributed by atoms with van der Waals surface area (Å²) in [6, 6.07) is 17.3. The van der Waals surface area contributed by atoms with E-state index in [-0.39, 0.29) is 24.3 Å². The second kappa shape index (κ2) is 8.29. The molecule has 2 aromatic rings. The maximum absolute atomic E-state index is 12.6. The topological polar surface area (TPSA) is 49.4 Å². The van der Waals surface area contributed by atoms with Crippen molar-refractivity contribution in [2.45, 2.75) is 33.4 Å². The molecule has 126 valence electrons. The van der Waals surface area contributed by atoms with Gasteiger partial charge in [-0.25, -0.2) is 0 Å². The number of carbonyl (C=O) groups excluding carboxylic acids is 2. The van der Waals surface area contributed by atoms with Crippen molar-refractivity contribution in [2.75, 3.05) is 11.9 Å². The highest BCUT2D eigenvalue weighted by molar-refractivity contribution is 5.95. The lowest BCUT2D eigenvalue weighted by molar-refractivity contribution is -0.131. The number of anilines is 1. The predicted molar refractivity (Wildman–Crippen MR) is 97.1 cm³/mol. The third-order valence-corrected chi connectivity index (χ3v) is 3.85. The summed E-state index contributed by atoms with van der Waals surface area (Å²) in [5, 5.41) is 3.12. The van der Waals surface area contributed by atoms with E-state index in [1.165, 1.54) is 6.92 Å². The molecule has 0 aromatic heterocycles. The molecule has 0 atom stereocenters. The van der Waals surface area contributed by atoms with Crippen LogP contribution in [0.2, 0.25) is 0 Å². The molecule has 4 heteroatoms. The van der Waals surface area contributed by atoms with Crippen molar-refractivity contribution in [3.8, 4) is 0 Å². The second-order valence-electron chi connectivity index (χ2n) is 6.09. The summed E-state index contributed by atoms with van der Waals surface area (Å²) in [4.78, 5) is 25.9. The van der Waals surface area contributed by atoms with E-state index in [1.807, 2.05) is 61.2 Å². The van der Waals surface area contributed by atoms with Crippen LogP contribution in [-0.2, 0) is 11.3 Å². The van der Waals surface area contributed by atoms with Gasteiger partial charge in [0.1, 0.15) is 0 Å².